The second-order valence-electron chi connectivity index (χ2n) is 6.88. The number of amides is 2. The Morgan fingerprint density at radius 2 is 1.89 bits per heavy atom. The van der Waals surface area contributed by atoms with Gasteiger partial charge in [-0.15, -0.1) is 11.3 Å². The molecule has 0 aliphatic carbocycles. The maximum Gasteiger partial charge on any atom is 0.255 e. The zero-order valence-corrected chi connectivity index (χ0v) is 16.0. The number of rotatable bonds is 3. The topological polar surface area (TPSA) is 73.6 Å². The Bertz CT molecular complexity index is 962. The molecule has 2 aromatic rings. The number of nitrogens with zero attached hydrogens (tertiary/aromatic N) is 3. The highest BCUT2D eigenvalue weighted by molar-refractivity contribution is 7.10. The standard InChI is InChI=1S/C20H19N3O3S/c1-12-17(5-6-27-12)20(25)23-11-15-8-16(23)10-22(15)19(24)13-3-4-14(9-21)18(7-13)26-2/h3-7,15-16H,8,10-11H2,1-2H3/t15-,16-/m0/s1. The van der Waals surface area contributed by atoms with Gasteiger partial charge in [-0.2, -0.15) is 5.26 Å². The van der Waals surface area contributed by atoms with E-state index < -0.39 is 0 Å². The molecule has 0 radical (unpaired) electrons. The Kier molecular flexibility index (Phi) is 4.36. The molecule has 1 aromatic heterocycles. The summed E-state index contributed by atoms with van der Waals surface area (Å²) in [5, 5.41) is 11.0. The molecule has 0 saturated carbocycles. The van der Waals surface area contributed by atoms with Crippen molar-refractivity contribution in [3.63, 3.8) is 0 Å². The molecular formula is C20H19N3O3S. The van der Waals surface area contributed by atoms with Crippen LogP contribution < -0.4 is 4.74 Å². The molecule has 2 aliphatic rings. The molecule has 0 N–H and O–H groups in total. The van der Waals surface area contributed by atoms with E-state index in [1.165, 1.54) is 7.11 Å². The van der Waals surface area contributed by atoms with Gasteiger partial charge in [0.25, 0.3) is 11.8 Å². The van der Waals surface area contributed by atoms with Crippen molar-refractivity contribution < 1.29 is 14.3 Å². The number of piperazine rings is 1. The van der Waals surface area contributed by atoms with Gasteiger partial charge in [0.1, 0.15) is 11.8 Å². The molecule has 2 fully saturated rings. The highest BCUT2D eigenvalue weighted by Gasteiger charge is 2.47. The van der Waals surface area contributed by atoms with E-state index in [-0.39, 0.29) is 23.9 Å². The van der Waals surface area contributed by atoms with Gasteiger partial charge in [-0.25, -0.2) is 0 Å². The van der Waals surface area contributed by atoms with Gasteiger partial charge in [-0.05, 0) is 43.0 Å². The number of likely N-dealkylation sites (tertiary alicyclic amines) is 2. The highest BCUT2D eigenvalue weighted by Crippen LogP contribution is 2.34. The van der Waals surface area contributed by atoms with E-state index in [1.54, 1.807) is 29.5 Å². The van der Waals surface area contributed by atoms with Crippen molar-refractivity contribution in [2.24, 2.45) is 0 Å². The third-order valence-electron chi connectivity index (χ3n) is 5.42. The van der Waals surface area contributed by atoms with Crippen molar-refractivity contribution in [1.29, 1.82) is 5.26 Å². The molecule has 2 saturated heterocycles. The average Bonchev–Trinajstić information content (AvgIpc) is 3.41. The summed E-state index contributed by atoms with van der Waals surface area (Å²) in [5.41, 5.74) is 1.67. The van der Waals surface area contributed by atoms with Gasteiger partial charge in [0.2, 0.25) is 0 Å². The van der Waals surface area contributed by atoms with Crippen LogP contribution in [-0.4, -0.2) is 53.9 Å². The summed E-state index contributed by atoms with van der Waals surface area (Å²) in [4.78, 5) is 30.5. The van der Waals surface area contributed by atoms with Crippen molar-refractivity contribution in [3.8, 4) is 11.8 Å². The molecule has 2 amide bonds. The van der Waals surface area contributed by atoms with Crippen LogP contribution in [0.15, 0.2) is 29.6 Å². The van der Waals surface area contributed by atoms with Gasteiger partial charge in [0, 0.05) is 23.5 Å². The van der Waals surface area contributed by atoms with Crippen LogP contribution in [-0.2, 0) is 0 Å². The number of carbonyl (C=O) groups excluding carboxylic acids is 2. The first-order chi connectivity index (χ1) is 13.0. The minimum absolute atomic E-state index is 0.0343. The van der Waals surface area contributed by atoms with E-state index in [4.69, 9.17) is 10.00 Å². The van der Waals surface area contributed by atoms with Gasteiger partial charge < -0.3 is 14.5 Å². The number of carbonyl (C=O) groups is 2. The predicted molar refractivity (Wildman–Crippen MR) is 101 cm³/mol. The largest absolute Gasteiger partial charge is 0.495 e. The van der Waals surface area contributed by atoms with E-state index in [0.717, 1.165) is 16.9 Å². The smallest absolute Gasteiger partial charge is 0.255 e. The van der Waals surface area contributed by atoms with Crippen LogP contribution in [0.4, 0.5) is 0 Å². The van der Waals surface area contributed by atoms with Gasteiger partial charge in [-0.3, -0.25) is 9.59 Å². The van der Waals surface area contributed by atoms with Crippen molar-refractivity contribution in [1.82, 2.24) is 9.80 Å². The summed E-state index contributed by atoms with van der Waals surface area (Å²) < 4.78 is 5.21. The summed E-state index contributed by atoms with van der Waals surface area (Å²) in [7, 11) is 1.48. The molecule has 138 valence electrons. The summed E-state index contributed by atoms with van der Waals surface area (Å²) in [5.74, 6) is 0.384. The monoisotopic (exact) mass is 381 g/mol. The first kappa shape index (κ1) is 17.6. The number of aryl methyl sites for hydroxylation is 1. The molecule has 6 nitrogen and oxygen atoms in total. The lowest BCUT2D eigenvalue weighted by molar-refractivity contribution is 0.0526. The zero-order chi connectivity index (χ0) is 19.1. The fourth-order valence-electron chi connectivity index (χ4n) is 4.01. The fourth-order valence-corrected chi connectivity index (χ4v) is 4.70. The van der Waals surface area contributed by atoms with Crippen LogP contribution in [0.2, 0.25) is 0 Å². The summed E-state index contributed by atoms with van der Waals surface area (Å²) in [6, 6.07) is 8.90. The van der Waals surface area contributed by atoms with Crippen molar-refractivity contribution in [2.45, 2.75) is 25.4 Å². The Balaban J connectivity index is 1.50. The third-order valence-corrected chi connectivity index (χ3v) is 6.27. The quantitative estimate of drug-likeness (QED) is 0.819. The number of ether oxygens (including phenoxy) is 1. The maximum atomic E-state index is 12.9. The van der Waals surface area contributed by atoms with E-state index in [0.29, 0.717) is 30.0 Å². The minimum atomic E-state index is -0.0795. The molecular weight excluding hydrogens is 362 g/mol. The number of nitriles is 1. The summed E-state index contributed by atoms with van der Waals surface area (Å²) in [6.45, 7) is 3.07. The third kappa shape index (κ3) is 2.86. The van der Waals surface area contributed by atoms with Gasteiger partial charge in [0.05, 0.1) is 30.3 Å². The molecule has 0 spiro atoms. The van der Waals surface area contributed by atoms with E-state index in [9.17, 15) is 9.59 Å². The van der Waals surface area contributed by atoms with E-state index >= 15 is 0 Å². The number of thiophene rings is 1. The number of fused-ring (bicyclic) bond motifs is 2. The Morgan fingerprint density at radius 1 is 1.19 bits per heavy atom. The first-order valence-corrected chi connectivity index (χ1v) is 9.65. The van der Waals surface area contributed by atoms with Crippen LogP contribution in [0.5, 0.6) is 5.75 Å². The van der Waals surface area contributed by atoms with Crippen LogP contribution in [0.3, 0.4) is 0 Å². The number of benzene rings is 1. The second kappa shape index (κ2) is 6.71. The molecule has 0 unspecified atom stereocenters. The molecule has 2 aliphatic heterocycles. The molecule has 3 heterocycles. The van der Waals surface area contributed by atoms with Crippen molar-refractivity contribution in [2.75, 3.05) is 20.2 Å². The van der Waals surface area contributed by atoms with Crippen LogP contribution >= 0.6 is 11.3 Å². The average molecular weight is 381 g/mol. The van der Waals surface area contributed by atoms with E-state index in [1.807, 2.05) is 28.2 Å². The fraction of sp³-hybridized carbons (Fsp3) is 0.350. The molecule has 4 rings (SSSR count). The molecule has 27 heavy (non-hydrogen) atoms. The lowest BCUT2D eigenvalue weighted by Gasteiger charge is -2.34. The van der Waals surface area contributed by atoms with E-state index in [2.05, 4.69) is 6.07 Å². The Morgan fingerprint density at radius 3 is 2.44 bits per heavy atom. The van der Waals surface area contributed by atoms with Gasteiger partial charge in [0.15, 0.2) is 0 Å². The Hall–Kier alpha value is -2.85. The highest BCUT2D eigenvalue weighted by atomic mass is 32.1. The zero-order valence-electron chi connectivity index (χ0n) is 15.1. The SMILES string of the molecule is COc1cc(C(=O)N2C[C@@H]3C[C@H]2CN3C(=O)c2ccsc2C)ccc1C#N. The summed E-state index contributed by atoms with van der Waals surface area (Å²) >= 11 is 1.57. The lowest BCUT2D eigenvalue weighted by atomic mass is 10.1. The maximum absolute atomic E-state index is 12.9. The minimum Gasteiger partial charge on any atom is -0.495 e. The number of hydrogen-bond donors (Lipinski definition) is 0. The van der Waals surface area contributed by atoms with Crippen LogP contribution in [0, 0.1) is 18.3 Å². The molecule has 1 aromatic carbocycles. The van der Waals surface area contributed by atoms with Gasteiger partial charge >= 0.3 is 0 Å². The number of methoxy groups -OCH3 is 1. The van der Waals surface area contributed by atoms with Crippen LogP contribution in [0.1, 0.15) is 37.6 Å². The number of hydrogen-bond acceptors (Lipinski definition) is 5. The van der Waals surface area contributed by atoms with Crippen LogP contribution in [0.25, 0.3) is 0 Å². The van der Waals surface area contributed by atoms with Crippen molar-refractivity contribution in [3.05, 3.63) is 51.2 Å². The second-order valence-corrected chi connectivity index (χ2v) is 8.00. The van der Waals surface area contributed by atoms with Crippen molar-refractivity contribution >= 4 is 23.2 Å². The molecule has 2 atom stereocenters. The lowest BCUT2D eigenvalue weighted by Crippen LogP contribution is -2.50. The molecule has 2 bridgehead atoms. The summed E-state index contributed by atoms with van der Waals surface area (Å²) in [6.07, 6.45) is 0.814. The first-order valence-electron chi connectivity index (χ1n) is 8.77. The molecule has 7 heteroatoms. The Labute approximate surface area is 161 Å². The van der Waals surface area contributed by atoms with Gasteiger partial charge in [-0.1, -0.05) is 0 Å². The normalized spacial score (nSPS) is 20.6. The predicted octanol–water partition coefficient (Wildman–Crippen LogP) is 2.68.